The predicted molar refractivity (Wildman–Crippen MR) is 145 cm³/mol. The summed E-state index contributed by atoms with van der Waals surface area (Å²) in [6.45, 7) is 0. The van der Waals surface area contributed by atoms with Crippen LogP contribution in [0.5, 0.6) is 0 Å². The van der Waals surface area contributed by atoms with Gasteiger partial charge >= 0.3 is 0 Å². The van der Waals surface area contributed by atoms with Crippen LogP contribution in [-0.4, -0.2) is 34.3 Å². The van der Waals surface area contributed by atoms with E-state index in [0.717, 1.165) is 22.6 Å². The lowest BCUT2D eigenvalue weighted by Gasteiger charge is -2.49. The fraction of sp³-hybridized carbons (Fsp3) is 0.290. The van der Waals surface area contributed by atoms with Crippen molar-refractivity contribution in [2.75, 3.05) is 16.9 Å². The van der Waals surface area contributed by atoms with Crippen molar-refractivity contribution >= 4 is 35.2 Å². The highest BCUT2D eigenvalue weighted by Gasteiger charge is 2.77. The molecule has 2 spiro atoms. The standard InChI is InChI=1S/C31H26F2N2O2S/c32-22-9-3-6-19(15-22)14-21-8-5-13-30(28(21)36)27(20-7-4-10-23(33)16-20)26-17-38-18-35(26)31(30)24-11-1-2-12-25(24)34-29(31)37/h1-4,6-7,9-12,14-16,26-27H,5,8,13,17-18H2,(H,34,37)/b21-14+/t26-,27-,30-,31-/m0/s1. The van der Waals surface area contributed by atoms with Crippen LogP contribution in [0.25, 0.3) is 6.08 Å². The van der Waals surface area contributed by atoms with Crippen LogP contribution < -0.4 is 5.32 Å². The second-order valence-corrected chi connectivity index (χ2v) is 11.7. The Kier molecular flexibility index (Phi) is 5.39. The van der Waals surface area contributed by atoms with E-state index < -0.39 is 11.0 Å². The lowest BCUT2D eigenvalue weighted by atomic mass is 9.53. The smallest absolute Gasteiger partial charge is 0.250 e. The third kappa shape index (κ3) is 3.06. The van der Waals surface area contributed by atoms with Gasteiger partial charge in [-0.15, -0.1) is 11.8 Å². The molecule has 4 aliphatic rings. The lowest BCUT2D eigenvalue weighted by molar-refractivity contribution is -0.145. The van der Waals surface area contributed by atoms with Crippen molar-refractivity contribution in [2.45, 2.75) is 36.8 Å². The highest BCUT2D eigenvalue weighted by atomic mass is 32.2. The minimum absolute atomic E-state index is 0.0893. The molecular formula is C31H26F2N2O2S. The van der Waals surface area contributed by atoms with Gasteiger partial charge in [0.25, 0.3) is 5.91 Å². The van der Waals surface area contributed by atoms with E-state index in [2.05, 4.69) is 10.2 Å². The number of benzene rings is 3. The fourth-order valence-corrected chi connectivity index (χ4v) is 9.02. The molecule has 2 saturated heterocycles. The summed E-state index contributed by atoms with van der Waals surface area (Å²) < 4.78 is 28.7. The maximum atomic E-state index is 15.0. The third-order valence-corrected chi connectivity index (χ3v) is 9.95. The SMILES string of the molecule is O=C1Nc2ccccc2[C@]12N1CSC[C@H]1[C@H](c1cccc(F)c1)[C@]21CCC/C(=C\c2cccc(F)c2)C1=O. The van der Waals surface area contributed by atoms with Gasteiger partial charge in [-0.3, -0.25) is 14.5 Å². The summed E-state index contributed by atoms with van der Waals surface area (Å²) in [6, 6.07) is 20.3. The van der Waals surface area contributed by atoms with Gasteiger partial charge in [0.05, 0.1) is 5.41 Å². The first kappa shape index (κ1) is 23.8. The molecule has 4 nitrogen and oxygen atoms in total. The normalized spacial score (nSPS) is 31.3. The molecule has 0 bridgehead atoms. The number of ketones is 1. The van der Waals surface area contributed by atoms with E-state index in [0.29, 0.717) is 36.3 Å². The zero-order valence-electron chi connectivity index (χ0n) is 20.6. The van der Waals surface area contributed by atoms with Crippen molar-refractivity contribution in [1.29, 1.82) is 0 Å². The first-order valence-electron chi connectivity index (χ1n) is 13.0. The molecule has 7 rings (SSSR count). The Morgan fingerprint density at radius 2 is 1.76 bits per heavy atom. The highest BCUT2D eigenvalue weighted by Crippen LogP contribution is 2.70. The molecular weight excluding hydrogens is 502 g/mol. The van der Waals surface area contributed by atoms with Crippen LogP contribution in [0.4, 0.5) is 14.5 Å². The molecule has 1 amide bonds. The first-order valence-corrected chi connectivity index (χ1v) is 14.1. The van der Waals surface area contributed by atoms with Gasteiger partial charge < -0.3 is 5.32 Å². The van der Waals surface area contributed by atoms with Gasteiger partial charge in [-0.25, -0.2) is 8.78 Å². The molecule has 1 N–H and O–H groups in total. The number of hydrogen-bond donors (Lipinski definition) is 1. The zero-order chi connectivity index (χ0) is 26.1. The fourth-order valence-electron chi connectivity index (χ4n) is 7.71. The number of nitrogens with one attached hydrogen (secondary N) is 1. The molecule has 0 unspecified atom stereocenters. The van der Waals surface area contributed by atoms with Gasteiger partial charge in [0.2, 0.25) is 0 Å². The Hall–Kier alpha value is -3.29. The van der Waals surface area contributed by atoms with Crippen LogP contribution in [0.15, 0.2) is 78.4 Å². The topological polar surface area (TPSA) is 49.4 Å². The zero-order valence-corrected chi connectivity index (χ0v) is 21.4. The van der Waals surface area contributed by atoms with Gasteiger partial charge in [0.1, 0.15) is 17.2 Å². The van der Waals surface area contributed by atoms with E-state index in [1.807, 2.05) is 30.3 Å². The molecule has 3 heterocycles. The van der Waals surface area contributed by atoms with Crippen LogP contribution in [0.2, 0.25) is 0 Å². The number of anilines is 1. The summed E-state index contributed by atoms with van der Waals surface area (Å²) in [5.41, 5.74) is 1.14. The number of thioether (sulfide) groups is 1. The number of halogens is 2. The van der Waals surface area contributed by atoms with Crippen molar-refractivity contribution < 1.29 is 18.4 Å². The van der Waals surface area contributed by atoms with Crippen molar-refractivity contribution in [2.24, 2.45) is 5.41 Å². The number of rotatable bonds is 2. The molecule has 1 aliphatic carbocycles. The van der Waals surface area contributed by atoms with Gasteiger partial charge in [0, 0.05) is 34.8 Å². The maximum Gasteiger partial charge on any atom is 0.250 e. The summed E-state index contributed by atoms with van der Waals surface area (Å²) in [4.78, 5) is 31.5. The Bertz CT molecular complexity index is 1520. The first-order chi connectivity index (χ1) is 18.5. The Labute approximate surface area is 224 Å². The molecule has 3 aromatic rings. The monoisotopic (exact) mass is 528 g/mol. The molecule has 7 heteroatoms. The van der Waals surface area contributed by atoms with E-state index in [-0.39, 0.29) is 35.3 Å². The van der Waals surface area contributed by atoms with Crippen molar-refractivity contribution in [3.8, 4) is 0 Å². The minimum atomic E-state index is -1.22. The summed E-state index contributed by atoms with van der Waals surface area (Å²) in [5.74, 6) is -0.0280. The largest absolute Gasteiger partial charge is 0.324 e. The second-order valence-electron chi connectivity index (χ2n) is 10.7. The third-order valence-electron chi connectivity index (χ3n) is 8.92. The van der Waals surface area contributed by atoms with Gasteiger partial charge in [0.15, 0.2) is 5.78 Å². The Morgan fingerprint density at radius 1 is 0.974 bits per heavy atom. The van der Waals surface area contributed by atoms with Crippen molar-refractivity contribution in [3.05, 3.63) is 107 Å². The number of carbonyl (C=O) groups is 2. The van der Waals surface area contributed by atoms with E-state index >= 15 is 0 Å². The number of Topliss-reactive ketones (excluding diaryl/α,β-unsaturated/α-hetero) is 1. The minimum Gasteiger partial charge on any atom is -0.324 e. The average Bonchev–Trinajstić information content (AvgIpc) is 3.55. The number of para-hydroxylation sites is 1. The predicted octanol–water partition coefficient (Wildman–Crippen LogP) is 6.11. The summed E-state index contributed by atoms with van der Waals surface area (Å²) in [5, 5.41) is 3.11. The van der Waals surface area contributed by atoms with Gasteiger partial charge in [-0.1, -0.05) is 42.5 Å². The number of allylic oxidation sites excluding steroid dienone is 1. The Balaban J connectivity index is 1.52. The van der Waals surface area contributed by atoms with Gasteiger partial charge in [-0.2, -0.15) is 0 Å². The van der Waals surface area contributed by atoms with Crippen molar-refractivity contribution in [1.82, 2.24) is 4.90 Å². The van der Waals surface area contributed by atoms with Crippen LogP contribution in [-0.2, 0) is 15.1 Å². The van der Waals surface area contributed by atoms with E-state index in [9.17, 15) is 18.4 Å². The molecule has 0 radical (unpaired) electrons. The summed E-state index contributed by atoms with van der Waals surface area (Å²) in [6.07, 6.45) is 3.53. The van der Waals surface area contributed by atoms with Gasteiger partial charge in [-0.05, 0) is 72.4 Å². The quantitative estimate of drug-likeness (QED) is 0.408. The highest BCUT2D eigenvalue weighted by molar-refractivity contribution is 7.99. The molecule has 0 aromatic heterocycles. The van der Waals surface area contributed by atoms with Crippen LogP contribution in [0, 0.1) is 17.0 Å². The number of carbonyl (C=O) groups excluding carboxylic acids is 2. The maximum absolute atomic E-state index is 15.0. The molecule has 1 saturated carbocycles. The van der Waals surface area contributed by atoms with Crippen LogP contribution >= 0.6 is 11.8 Å². The Morgan fingerprint density at radius 3 is 2.58 bits per heavy atom. The summed E-state index contributed by atoms with van der Waals surface area (Å²) in [7, 11) is 0. The second kappa shape index (κ2) is 8.61. The number of fused-ring (bicyclic) bond motifs is 5. The number of hydrogen-bond acceptors (Lipinski definition) is 4. The van der Waals surface area contributed by atoms with Crippen molar-refractivity contribution in [3.63, 3.8) is 0 Å². The number of amides is 1. The molecule has 192 valence electrons. The molecule has 3 aliphatic heterocycles. The number of nitrogens with zero attached hydrogens (tertiary/aromatic N) is 1. The average molecular weight is 529 g/mol. The molecule has 38 heavy (non-hydrogen) atoms. The van der Waals surface area contributed by atoms with E-state index in [4.69, 9.17) is 0 Å². The van der Waals surface area contributed by atoms with Crippen LogP contribution in [0.3, 0.4) is 0 Å². The molecule has 4 atom stereocenters. The molecule has 3 fully saturated rings. The molecule has 3 aromatic carbocycles. The summed E-state index contributed by atoms with van der Waals surface area (Å²) >= 11 is 1.74. The van der Waals surface area contributed by atoms with E-state index in [1.165, 1.54) is 24.3 Å². The van der Waals surface area contributed by atoms with E-state index in [1.54, 1.807) is 36.0 Å². The lowest BCUT2D eigenvalue weighted by Crippen LogP contribution is -2.60. The van der Waals surface area contributed by atoms with Crippen LogP contribution in [0.1, 0.15) is 41.9 Å².